The summed E-state index contributed by atoms with van der Waals surface area (Å²) in [4.78, 5) is 45.5. The summed E-state index contributed by atoms with van der Waals surface area (Å²) in [6, 6.07) is 5.85. The zero-order valence-corrected chi connectivity index (χ0v) is 15.8. The lowest BCUT2D eigenvalue weighted by Gasteiger charge is -2.37. The lowest BCUT2D eigenvalue weighted by Crippen LogP contribution is -2.54. The molecule has 4 heterocycles. The van der Waals surface area contributed by atoms with Crippen LogP contribution in [0.15, 0.2) is 41.1 Å². The van der Waals surface area contributed by atoms with Gasteiger partial charge in [0.15, 0.2) is 5.76 Å². The van der Waals surface area contributed by atoms with E-state index in [-0.39, 0.29) is 23.3 Å². The molecule has 0 aliphatic carbocycles. The number of nitrogens with zero attached hydrogens (tertiary/aromatic N) is 5. The second kappa shape index (κ2) is 7.90. The zero-order valence-electron chi connectivity index (χ0n) is 15.8. The molecule has 2 aliphatic heterocycles. The van der Waals surface area contributed by atoms with Crippen LogP contribution < -0.4 is 4.90 Å². The number of piperazine rings is 1. The zero-order chi connectivity index (χ0) is 20.4. The summed E-state index contributed by atoms with van der Waals surface area (Å²) in [5.74, 6) is 0.607. The van der Waals surface area contributed by atoms with E-state index in [0.717, 1.165) is 6.42 Å². The summed E-state index contributed by atoms with van der Waals surface area (Å²) in [5, 5.41) is 10.8. The van der Waals surface area contributed by atoms with Crippen molar-refractivity contribution in [1.82, 2.24) is 14.8 Å². The summed E-state index contributed by atoms with van der Waals surface area (Å²) >= 11 is 0. The van der Waals surface area contributed by atoms with E-state index in [1.807, 2.05) is 4.90 Å². The van der Waals surface area contributed by atoms with Crippen LogP contribution in [0.2, 0.25) is 0 Å². The topological polar surface area (TPSA) is 113 Å². The van der Waals surface area contributed by atoms with Crippen LogP contribution in [0.1, 0.15) is 23.4 Å². The van der Waals surface area contributed by atoms with Crippen molar-refractivity contribution in [1.29, 1.82) is 0 Å². The summed E-state index contributed by atoms with van der Waals surface area (Å²) in [6.07, 6.45) is 4.13. The molecule has 0 bridgehead atoms. The molecule has 0 radical (unpaired) electrons. The number of nitro groups is 1. The molecule has 0 aromatic carbocycles. The maximum absolute atomic E-state index is 13.0. The Kier molecular flexibility index (Phi) is 5.15. The summed E-state index contributed by atoms with van der Waals surface area (Å²) in [6.45, 7) is 2.72. The van der Waals surface area contributed by atoms with Crippen molar-refractivity contribution in [3.8, 4) is 0 Å². The van der Waals surface area contributed by atoms with Gasteiger partial charge in [0.25, 0.3) is 11.6 Å². The SMILES string of the molecule is O=C(C1CCCN1C(=O)c1ccco1)N1CCN(c2ccc([N+](=O)[O-])cn2)CC1. The average Bonchev–Trinajstić information content (AvgIpc) is 3.45. The second-order valence-corrected chi connectivity index (χ2v) is 7.08. The number of rotatable bonds is 4. The number of amides is 2. The predicted molar refractivity (Wildman–Crippen MR) is 102 cm³/mol. The minimum absolute atomic E-state index is 0.0429. The van der Waals surface area contributed by atoms with Crippen molar-refractivity contribution in [3.05, 3.63) is 52.6 Å². The number of anilines is 1. The third-order valence-corrected chi connectivity index (χ3v) is 5.39. The number of carbonyl (C=O) groups excluding carboxylic acids is 2. The molecule has 2 fully saturated rings. The van der Waals surface area contributed by atoms with Crippen molar-refractivity contribution >= 4 is 23.3 Å². The largest absolute Gasteiger partial charge is 0.459 e. The first-order valence-corrected chi connectivity index (χ1v) is 9.53. The van der Waals surface area contributed by atoms with Crippen LogP contribution in [0.3, 0.4) is 0 Å². The van der Waals surface area contributed by atoms with Crippen LogP contribution in [-0.2, 0) is 4.79 Å². The molecule has 0 saturated carbocycles. The molecule has 2 aliphatic rings. The van der Waals surface area contributed by atoms with Crippen LogP contribution in [0.25, 0.3) is 0 Å². The first-order valence-electron chi connectivity index (χ1n) is 9.53. The Labute approximate surface area is 166 Å². The molecular formula is C19H21N5O5. The fourth-order valence-electron chi connectivity index (χ4n) is 3.85. The van der Waals surface area contributed by atoms with Gasteiger partial charge in [-0.1, -0.05) is 0 Å². The number of hydrogen-bond donors (Lipinski definition) is 0. The average molecular weight is 399 g/mol. The van der Waals surface area contributed by atoms with Gasteiger partial charge in [-0.05, 0) is 31.0 Å². The first kappa shape index (κ1) is 18.9. The van der Waals surface area contributed by atoms with Gasteiger partial charge in [-0.3, -0.25) is 19.7 Å². The van der Waals surface area contributed by atoms with Gasteiger partial charge in [-0.15, -0.1) is 0 Å². The molecule has 0 N–H and O–H groups in total. The standard InChI is InChI=1S/C19H21N5O5/c25-18(15-3-1-7-23(15)19(26)16-4-2-12-29-16)22-10-8-21(9-11-22)17-6-5-14(13-20-17)24(27)28/h2,4-6,12-13,15H,1,3,7-11H2. The molecule has 2 aromatic heterocycles. The highest BCUT2D eigenvalue weighted by Crippen LogP contribution is 2.24. The van der Waals surface area contributed by atoms with Gasteiger partial charge in [0.2, 0.25) is 5.91 Å². The monoisotopic (exact) mass is 399 g/mol. The molecule has 10 heteroatoms. The smallest absolute Gasteiger partial charge is 0.290 e. The van der Waals surface area contributed by atoms with Crippen LogP contribution >= 0.6 is 0 Å². The van der Waals surface area contributed by atoms with Crippen molar-refractivity contribution in [2.45, 2.75) is 18.9 Å². The molecule has 4 rings (SSSR count). The molecule has 2 saturated heterocycles. The van der Waals surface area contributed by atoms with Crippen LogP contribution in [0.4, 0.5) is 11.5 Å². The number of pyridine rings is 1. The lowest BCUT2D eigenvalue weighted by atomic mass is 10.1. The Bertz CT molecular complexity index is 890. The van der Waals surface area contributed by atoms with E-state index in [0.29, 0.717) is 45.0 Å². The number of hydrogen-bond acceptors (Lipinski definition) is 7. The normalized spacial score (nSPS) is 19.4. The second-order valence-electron chi connectivity index (χ2n) is 7.08. The molecule has 2 amide bonds. The highest BCUT2D eigenvalue weighted by atomic mass is 16.6. The maximum atomic E-state index is 13.0. The van der Waals surface area contributed by atoms with E-state index in [4.69, 9.17) is 4.42 Å². The maximum Gasteiger partial charge on any atom is 0.290 e. The molecule has 152 valence electrons. The summed E-state index contributed by atoms with van der Waals surface area (Å²) < 4.78 is 5.20. The van der Waals surface area contributed by atoms with Gasteiger partial charge in [0.1, 0.15) is 18.1 Å². The highest BCUT2D eigenvalue weighted by Gasteiger charge is 2.38. The molecule has 1 unspecified atom stereocenters. The lowest BCUT2D eigenvalue weighted by molar-refractivity contribution is -0.385. The number of furan rings is 1. The van der Waals surface area contributed by atoms with Gasteiger partial charge >= 0.3 is 0 Å². The van der Waals surface area contributed by atoms with Crippen molar-refractivity contribution in [2.75, 3.05) is 37.6 Å². The molecule has 10 nitrogen and oxygen atoms in total. The van der Waals surface area contributed by atoms with Gasteiger partial charge in [-0.2, -0.15) is 0 Å². The quantitative estimate of drug-likeness (QED) is 0.566. The van der Waals surface area contributed by atoms with Crippen molar-refractivity contribution in [3.63, 3.8) is 0 Å². The minimum atomic E-state index is -0.481. The first-order chi connectivity index (χ1) is 14.0. The van der Waals surface area contributed by atoms with Crippen LogP contribution in [0.5, 0.6) is 0 Å². The Morgan fingerprint density at radius 1 is 1.14 bits per heavy atom. The van der Waals surface area contributed by atoms with E-state index >= 15 is 0 Å². The number of carbonyl (C=O) groups is 2. The van der Waals surface area contributed by atoms with E-state index in [1.165, 1.54) is 18.5 Å². The fraction of sp³-hybridized carbons (Fsp3) is 0.421. The molecule has 0 spiro atoms. The van der Waals surface area contributed by atoms with Gasteiger partial charge in [0, 0.05) is 38.8 Å². The van der Waals surface area contributed by atoms with E-state index < -0.39 is 11.0 Å². The molecule has 2 aromatic rings. The van der Waals surface area contributed by atoms with Gasteiger partial charge in [0.05, 0.1) is 11.2 Å². The minimum Gasteiger partial charge on any atom is -0.459 e. The Balaban J connectivity index is 1.37. The molecule has 29 heavy (non-hydrogen) atoms. The number of aromatic nitrogens is 1. The van der Waals surface area contributed by atoms with Crippen molar-refractivity contribution in [2.24, 2.45) is 0 Å². The van der Waals surface area contributed by atoms with Crippen LogP contribution in [0, 0.1) is 10.1 Å². The Morgan fingerprint density at radius 3 is 2.55 bits per heavy atom. The summed E-state index contributed by atoms with van der Waals surface area (Å²) in [7, 11) is 0. The third kappa shape index (κ3) is 3.78. The van der Waals surface area contributed by atoms with E-state index in [2.05, 4.69) is 4.98 Å². The van der Waals surface area contributed by atoms with E-state index in [1.54, 1.807) is 28.0 Å². The third-order valence-electron chi connectivity index (χ3n) is 5.39. The van der Waals surface area contributed by atoms with Crippen LogP contribution in [-0.4, -0.2) is 70.3 Å². The van der Waals surface area contributed by atoms with E-state index in [9.17, 15) is 19.7 Å². The van der Waals surface area contributed by atoms with Gasteiger partial charge in [-0.25, -0.2) is 4.98 Å². The predicted octanol–water partition coefficient (Wildman–Crippen LogP) is 1.54. The highest BCUT2D eigenvalue weighted by molar-refractivity contribution is 5.96. The fourth-order valence-corrected chi connectivity index (χ4v) is 3.85. The van der Waals surface area contributed by atoms with Crippen molar-refractivity contribution < 1.29 is 18.9 Å². The Hall–Kier alpha value is -3.43. The molecule has 1 atom stereocenters. The number of likely N-dealkylation sites (tertiary alicyclic amines) is 1. The molecular weight excluding hydrogens is 378 g/mol. The Morgan fingerprint density at radius 2 is 1.93 bits per heavy atom. The van der Waals surface area contributed by atoms with Gasteiger partial charge < -0.3 is 19.1 Å². The summed E-state index contributed by atoms with van der Waals surface area (Å²) in [5.41, 5.74) is -0.0508.